The van der Waals surface area contributed by atoms with Crippen LogP contribution in [0.2, 0.25) is 0 Å². The van der Waals surface area contributed by atoms with Crippen LogP contribution >= 0.6 is 0 Å². The summed E-state index contributed by atoms with van der Waals surface area (Å²) in [5, 5.41) is 0. The van der Waals surface area contributed by atoms with Crippen LogP contribution in [0.5, 0.6) is 11.5 Å². The fourth-order valence-corrected chi connectivity index (χ4v) is 1.21. The maximum absolute atomic E-state index is 5.33. The minimum atomic E-state index is 0.621. The number of ether oxygens (including phenoxy) is 2. The van der Waals surface area contributed by atoms with E-state index >= 15 is 0 Å². The topological polar surface area (TPSA) is 56.5 Å². The van der Waals surface area contributed by atoms with Gasteiger partial charge in [-0.3, -0.25) is 5.84 Å². The summed E-state index contributed by atoms with van der Waals surface area (Å²) >= 11 is 0. The summed E-state index contributed by atoms with van der Waals surface area (Å²) in [5.74, 6) is 6.63. The van der Waals surface area contributed by atoms with Gasteiger partial charge >= 0.3 is 0 Å². The zero-order valence-corrected chi connectivity index (χ0v) is 8.05. The van der Waals surface area contributed by atoms with Gasteiger partial charge in [0.15, 0.2) is 11.5 Å². The number of anilines is 1. The number of hydrogen-bond donors (Lipinski definition) is 2. The standard InChI is InChI=1S/C9H14N2O2/c1-6-4-7(11-10)9(13-3)8(5-6)12-2/h4-5,11H,10H2,1-3H3. The number of nitrogens with one attached hydrogen (secondary N) is 1. The second-order valence-corrected chi connectivity index (χ2v) is 2.69. The van der Waals surface area contributed by atoms with Crippen molar-refractivity contribution in [1.29, 1.82) is 0 Å². The van der Waals surface area contributed by atoms with Crippen molar-refractivity contribution in [3.8, 4) is 11.5 Å². The summed E-state index contributed by atoms with van der Waals surface area (Å²) in [6.45, 7) is 1.96. The molecule has 0 aromatic heterocycles. The molecule has 72 valence electrons. The zero-order chi connectivity index (χ0) is 9.84. The highest BCUT2D eigenvalue weighted by Crippen LogP contribution is 2.35. The fourth-order valence-electron chi connectivity index (χ4n) is 1.21. The summed E-state index contributed by atoms with van der Waals surface area (Å²) < 4.78 is 10.3. The van der Waals surface area contributed by atoms with Crippen molar-refractivity contribution in [2.45, 2.75) is 6.92 Å². The third-order valence-corrected chi connectivity index (χ3v) is 1.78. The molecule has 0 unspecified atom stereocenters. The Kier molecular flexibility index (Phi) is 2.97. The molecule has 0 saturated carbocycles. The highest BCUT2D eigenvalue weighted by atomic mass is 16.5. The molecule has 0 amide bonds. The first-order valence-electron chi connectivity index (χ1n) is 3.92. The maximum atomic E-state index is 5.33. The Hall–Kier alpha value is -1.42. The Morgan fingerprint density at radius 2 is 1.92 bits per heavy atom. The van der Waals surface area contributed by atoms with Crippen molar-refractivity contribution in [2.24, 2.45) is 5.84 Å². The van der Waals surface area contributed by atoms with Gasteiger partial charge in [0.1, 0.15) is 0 Å². The van der Waals surface area contributed by atoms with Crippen LogP contribution in [0.15, 0.2) is 12.1 Å². The lowest BCUT2D eigenvalue weighted by atomic mass is 10.2. The van der Waals surface area contributed by atoms with Gasteiger partial charge in [-0.2, -0.15) is 0 Å². The first-order valence-corrected chi connectivity index (χ1v) is 3.92. The van der Waals surface area contributed by atoms with Crippen LogP contribution in [0, 0.1) is 6.92 Å². The SMILES string of the molecule is COc1cc(C)cc(NN)c1OC. The molecule has 0 radical (unpaired) electrons. The third-order valence-electron chi connectivity index (χ3n) is 1.78. The number of nitrogens with two attached hydrogens (primary N) is 1. The van der Waals surface area contributed by atoms with Gasteiger partial charge in [0.2, 0.25) is 0 Å². The van der Waals surface area contributed by atoms with E-state index in [1.165, 1.54) is 0 Å². The Bertz CT molecular complexity index is 275. The van der Waals surface area contributed by atoms with Crippen LogP contribution < -0.4 is 20.7 Å². The number of nitrogen functional groups attached to an aromatic ring is 1. The van der Waals surface area contributed by atoms with Crippen molar-refractivity contribution in [3.63, 3.8) is 0 Å². The smallest absolute Gasteiger partial charge is 0.185 e. The normalized spacial score (nSPS) is 9.54. The largest absolute Gasteiger partial charge is 0.493 e. The summed E-state index contributed by atoms with van der Waals surface area (Å²) in [5.41, 5.74) is 4.34. The van der Waals surface area contributed by atoms with E-state index in [9.17, 15) is 0 Å². The molecule has 0 saturated heterocycles. The second kappa shape index (κ2) is 4.00. The summed E-state index contributed by atoms with van der Waals surface area (Å²) in [4.78, 5) is 0. The minimum Gasteiger partial charge on any atom is -0.493 e. The first-order chi connectivity index (χ1) is 6.22. The number of aryl methyl sites for hydroxylation is 1. The van der Waals surface area contributed by atoms with Crippen molar-refractivity contribution in [3.05, 3.63) is 17.7 Å². The molecular formula is C9H14N2O2. The average Bonchev–Trinajstić information content (AvgIpc) is 2.16. The van der Waals surface area contributed by atoms with Crippen LogP contribution in [0.4, 0.5) is 5.69 Å². The van der Waals surface area contributed by atoms with Crippen molar-refractivity contribution in [2.75, 3.05) is 19.6 Å². The molecule has 0 fully saturated rings. The molecule has 0 heterocycles. The molecule has 4 nitrogen and oxygen atoms in total. The van der Waals surface area contributed by atoms with Crippen molar-refractivity contribution >= 4 is 5.69 Å². The van der Waals surface area contributed by atoms with E-state index in [0.29, 0.717) is 11.5 Å². The van der Waals surface area contributed by atoms with E-state index in [1.54, 1.807) is 14.2 Å². The Morgan fingerprint density at radius 1 is 1.23 bits per heavy atom. The molecule has 13 heavy (non-hydrogen) atoms. The molecule has 1 rings (SSSR count). The maximum Gasteiger partial charge on any atom is 0.185 e. The predicted molar refractivity (Wildman–Crippen MR) is 52.1 cm³/mol. The second-order valence-electron chi connectivity index (χ2n) is 2.69. The quantitative estimate of drug-likeness (QED) is 0.546. The molecule has 0 aliphatic carbocycles. The van der Waals surface area contributed by atoms with Crippen LogP contribution in [-0.2, 0) is 0 Å². The summed E-state index contributed by atoms with van der Waals surface area (Å²) in [7, 11) is 3.17. The highest BCUT2D eigenvalue weighted by molar-refractivity contribution is 5.64. The van der Waals surface area contributed by atoms with Gasteiger partial charge in [-0.25, -0.2) is 0 Å². The molecule has 0 atom stereocenters. The van der Waals surface area contributed by atoms with Gasteiger partial charge in [-0.1, -0.05) is 0 Å². The first kappa shape index (κ1) is 9.67. The number of benzene rings is 1. The predicted octanol–water partition coefficient (Wildman–Crippen LogP) is 1.30. The van der Waals surface area contributed by atoms with Gasteiger partial charge < -0.3 is 14.9 Å². The third kappa shape index (κ3) is 1.84. The number of hydrazine groups is 1. The molecule has 3 N–H and O–H groups in total. The van der Waals surface area contributed by atoms with Crippen LogP contribution in [0.1, 0.15) is 5.56 Å². The average molecular weight is 182 g/mol. The van der Waals surface area contributed by atoms with Gasteiger partial charge in [-0.05, 0) is 24.6 Å². The Labute approximate surface area is 77.6 Å². The molecule has 4 heteroatoms. The van der Waals surface area contributed by atoms with Crippen LogP contribution in [0.3, 0.4) is 0 Å². The lowest BCUT2D eigenvalue weighted by Crippen LogP contribution is -2.09. The lowest BCUT2D eigenvalue weighted by Gasteiger charge is -2.12. The summed E-state index contributed by atoms with van der Waals surface area (Å²) in [6.07, 6.45) is 0. The molecule has 0 spiro atoms. The monoisotopic (exact) mass is 182 g/mol. The summed E-state index contributed by atoms with van der Waals surface area (Å²) in [6, 6.07) is 3.78. The Balaban J connectivity index is 3.25. The molecule has 0 aliphatic heterocycles. The van der Waals surface area contributed by atoms with Gasteiger partial charge in [0.05, 0.1) is 19.9 Å². The van der Waals surface area contributed by atoms with Gasteiger partial charge in [0, 0.05) is 0 Å². The fraction of sp³-hybridized carbons (Fsp3) is 0.333. The van der Waals surface area contributed by atoms with E-state index < -0.39 is 0 Å². The number of methoxy groups -OCH3 is 2. The van der Waals surface area contributed by atoms with E-state index in [2.05, 4.69) is 5.43 Å². The molecular weight excluding hydrogens is 168 g/mol. The van der Waals surface area contributed by atoms with Crippen LogP contribution in [0.25, 0.3) is 0 Å². The van der Waals surface area contributed by atoms with E-state index in [0.717, 1.165) is 11.3 Å². The molecule has 1 aromatic rings. The van der Waals surface area contributed by atoms with E-state index in [1.807, 2.05) is 19.1 Å². The molecule has 0 bridgehead atoms. The minimum absolute atomic E-state index is 0.621. The van der Waals surface area contributed by atoms with Gasteiger partial charge in [-0.15, -0.1) is 0 Å². The van der Waals surface area contributed by atoms with E-state index in [4.69, 9.17) is 15.3 Å². The molecule has 1 aromatic carbocycles. The van der Waals surface area contributed by atoms with Crippen molar-refractivity contribution in [1.82, 2.24) is 0 Å². The number of hydrogen-bond acceptors (Lipinski definition) is 4. The van der Waals surface area contributed by atoms with Crippen molar-refractivity contribution < 1.29 is 9.47 Å². The molecule has 0 aliphatic rings. The van der Waals surface area contributed by atoms with Crippen LogP contribution in [-0.4, -0.2) is 14.2 Å². The zero-order valence-electron chi connectivity index (χ0n) is 8.05. The Morgan fingerprint density at radius 3 is 2.38 bits per heavy atom. The highest BCUT2D eigenvalue weighted by Gasteiger charge is 2.09. The number of rotatable bonds is 3. The lowest BCUT2D eigenvalue weighted by molar-refractivity contribution is 0.356. The van der Waals surface area contributed by atoms with Gasteiger partial charge in [0.25, 0.3) is 0 Å². The van der Waals surface area contributed by atoms with E-state index in [-0.39, 0.29) is 0 Å².